The largest absolute Gasteiger partial charge is 0.417 e. The number of amides is 1. The maximum absolute atomic E-state index is 13.7. The predicted octanol–water partition coefficient (Wildman–Crippen LogP) is 4.69. The number of hydrogen-bond donors (Lipinski definition) is 1. The van der Waals surface area contributed by atoms with Crippen LogP contribution in [0, 0.1) is 11.6 Å². The molecule has 0 saturated heterocycles. The summed E-state index contributed by atoms with van der Waals surface area (Å²) in [6.07, 6.45) is -2.33. The Labute approximate surface area is 156 Å². The molecule has 1 amide bonds. The van der Waals surface area contributed by atoms with Gasteiger partial charge in [0.05, 0.1) is 17.7 Å². The normalized spacial score (nSPS) is 14.5. The Bertz CT molecular complexity index is 1070. The highest BCUT2D eigenvalue weighted by molar-refractivity contribution is 5.92. The van der Waals surface area contributed by atoms with E-state index >= 15 is 0 Å². The monoisotopic (exact) mass is 395 g/mol. The lowest BCUT2D eigenvalue weighted by atomic mass is 10.1. The number of rotatable bonds is 4. The van der Waals surface area contributed by atoms with Gasteiger partial charge < -0.3 is 9.72 Å². The fraction of sp³-hybridized carbons (Fsp3) is 0.263. The number of imidazole rings is 1. The minimum Gasteiger partial charge on any atom is -0.309 e. The van der Waals surface area contributed by atoms with E-state index in [4.69, 9.17) is 0 Å². The molecule has 9 heteroatoms. The van der Waals surface area contributed by atoms with Crippen LogP contribution >= 0.6 is 0 Å². The minimum atomic E-state index is -4.50. The third kappa shape index (κ3) is 3.56. The molecule has 2 heterocycles. The molecule has 0 spiro atoms. The summed E-state index contributed by atoms with van der Waals surface area (Å²) in [6, 6.07) is 5.07. The van der Waals surface area contributed by atoms with Gasteiger partial charge in [-0.3, -0.25) is 4.79 Å². The number of nitrogens with one attached hydrogen (secondary N) is 1. The number of carbonyl (C=O) groups excluding carboxylic acids is 1. The first kappa shape index (κ1) is 18.4. The Hall–Kier alpha value is -2.97. The van der Waals surface area contributed by atoms with Crippen molar-refractivity contribution in [1.82, 2.24) is 9.38 Å². The number of halogens is 5. The fourth-order valence-electron chi connectivity index (χ4n) is 3.08. The van der Waals surface area contributed by atoms with Crippen LogP contribution in [0.4, 0.5) is 27.8 Å². The van der Waals surface area contributed by atoms with Crippen molar-refractivity contribution in [3.05, 3.63) is 65.0 Å². The number of aromatic nitrogens is 2. The number of hydrogen-bond acceptors (Lipinski definition) is 2. The number of carbonyl (C=O) groups is 1. The van der Waals surface area contributed by atoms with E-state index in [2.05, 4.69) is 10.3 Å². The molecule has 1 fully saturated rings. The molecule has 1 aliphatic carbocycles. The lowest BCUT2D eigenvalue weighted by Gasteiger charge is -2.09. The van der Waals surface area contributed by atoms with E-state index in [0.717, 1.165) is 31.2 Å². The highest BCUT2D eigenvalue weighted by Crippen LogP contribution is 2.44. The van der Waals surface area contributed by atoms with Gasteiger partial charge >= 0.3 is 6.18 Å². The number of anilines is 1. The second-order valence-electron chi connectivity index (χ2n) is 6.72. The molecule has 146 valence electrons. The van der Waals surface area contributed by atoms with Gasteiger partial charge in [0.15, 0.2) is 5.82 Å². The zero-order valence-corrected chi connectivity index (χ0v) is 14.4. The average Bonchev–Trinajstić information content (AvgIpc) is 3.37. The van der Waals surface area contributed by atoms with Gasteiger partial charge in [0.1, 0.15) is 17.3 Å². The van der Waals surface area contributed by atoms with Gasteiger partial charge in [-0.05, 0) is 36.6 Å². The first-order valence-corrected chi connectivity index (χ1v) is 8.55. The van der Waals surface area contributed by atoms with Crippen molar-refractivity contribution in [3.63, 3.8) is 0 Å². The van der Waals surface area contributed by atoms with Crippen LogP contribution in [0.5, 0.6) is 0 Å². The minimum absolute atomic E-state index is 0.00339. The van der Waals surface area contributed by atoms with Crippen molar-refractivity contribution in [2.24, 2.45) is 0 Å². The summed E-state index contributed by atoms with van der Waals surface area (Å²) < 4.78 is 67.1. The van der Waals surface area contributed by atoms with Crippen molar-refractivity contribution >= 4 is 17.4 Å². The van der Waals surface area contributed by atoms with E-state index in [1.165, 1.54) is 16.5 Å². The van der Waals surface area contributed by atoms with Crippen molar-refractivity contribution < 1.29 is 26.7 Å². The number of fused-ring (bicyclic) bond motifs is 1. The van der Waals surface area contributed by atoms with Crippen molar-refractivity contribution in [3.8, 4) is 0 Å². The summed E-state index contributed by atoms with van der Waals surface area (Å²) >= 11 is 0. The van der Waals surface area contributed by atoms with Crippen LogP contribution in [0.1, 0.15) is 35.6 Å². The number of nitrogens with zero attached hydrogens (tertiary/aromatic N) is 2. The highest BCUT2D eigenvalue weighted by atomic mass is 19.4. The van der Waals surface area contributed by atoms with Crippen LogP contribution in [0.15, 0.2) is 36.5 Å². The zero-order chi connectivity index (χ0) is 20.1. The molecule has 0 aliphatic heterocycles. The van der Waals surface area contributed by atoms with Gasteiger partial charge in [-0.15, -0.1) is 0 Å². The standard InChI is InChI=1S/C19H14F5N3O/c20-13-5-3-11(14(21)8-13)7-16(28)26-18-17(10-1-2-10)27-9-12(19(22,23)24)4-6-15(27)25-18/h3-6,8-10H,1-2,7H2,(H,26,28). The summed E-state index contributed by atoms with van der Waals surface area (Å²) in [5, 5.41) is 2.56. The summed E-state index contributed by atoms with van der Waals surface area (Å²) in [4.78, 5) is 16.5. The van der Waals surface area contributed by atoms with Crippen molar-refractivity contribution in [1.29, 1.82) is 0 Å². The molecule has 0 atom stereocenters. The number of pyridine rings is 1. The Morgan fingerprint density at radius 2 is 1.93 bits per heavy atom. The highest BCUT2D eigenvalue weighted by Gasteiger charge is 2.34. The quantitative estimate of drug-likeness (QED) is 0.652. The average molecular weight is 395 g/mol. The van der Waals surface area contributed by atoms with Crippen LogP contribution in [0.3, 0.4) is 0 Å². The van der Waals surface area contributed by atoms with E-state index in [-0.39, 0.29) is 29.4 Å². The SMILES string of the molecule is O=C(Cc1ccc(F)cc1F)Nc1nc2ccc(C(F)(F)F)cn2c1C1CC1. The van der Waals surface area contributed by atoms with Gasteiger partial charge in [-0.1, -0.05) is 6.07 Å². The molecule has 2 aromatic heterocycles. The van der Waals surface area contributed by atoms with Gasteiger partial charge in [-0.25, -0.2) is 13.8 Å². The molecule has 0 unspecified atom stereocenters. The summed E-state index contributed by atoms with van der Waals surface area (Å²) in [5.74, 6) is -2.03. The number of alkyl halides is 3. The van der Waals surface area contributed by atoms with Gasteiger partial charge in [0.25, 0.3) is 0 Å². The molecule has 28 heavy (non-hydrogen) atoms. The van der Waals surface area contributed by atoms with Crippen LogP contribution in [-0.4, -0.2) is 15.3 Å². The van der Waals surface area contributed by atoms with Gasteiger partial charge in [0.2, 0.25) is 5.91 Å². The molecular weight excluding hydrogens is 381 g/mol. The Morgan fingerprint density at radius 3 is 2.57 bits per heavy atom. The molecule has 1 aliphatic rings. The molecule has 1 saturated carbocycles. The maximum Gasteiger partial charge on any atom is 0.417 e. The molecule has 0 bridgehead atoms. The van der Waals surface area contributed by atoms with E-state index in [1.807, 2.05) is 0 Å². The first-order chi connectivity index (χ1) is 13.2. The second kappa shape index (κ2) is 6.57. The first-order valence-electron chi connectivity index (χ1n) is 8.55. The van der Waals surface area contributed by atoms with E-state index in [0.29, 0.717) is 11.8 Å². The van der Waals surface area contributed by atoms with Crippen LogP contribution in [0.2, 0.25) is 0 Å². The van der Waals surface area contributed by atoms with E-state index < -0.39 is 29.3 Å². The lowest BCUT2D eigenvalue weighted by molar-refractivity contribution is -0.137. The smallest absolute Gasteiger partial charge is 0.309 e. The molecule has 0 radical (unpaired) electrons. The zero-order valence-electron chi connectivity index (χ0n) is 14.4. The molecule has 1 aromatic carbocycles. The Balaban J connectivity index is 1.64. The summed E-state index contributed by atoms with van der Waals surface area (Å²) in [7, 11) is 0. The lowest BCUT2D eigenvalue weighted by Crippen LogP contribution is -2.16. The topological polar surface area (TPSA) is 46.4 Å². The third-order valence-electron chi connectivity index (χ3n) is 4.57. The fourth-order valence-corrected chi connectivity index (χ4v) is 3.08. The van der Waals surface area contributed by atoms with Crippen LogP contribution in [-0.2, 0) is 17.4 Å². The Morgan fingerprint density at radius 1 is 1.18 bits per heavy atom. The second-order valence-corrected chi connectivity index (χ2v) is 6.72. The van der Waals surface area contributed by atoms with E-state index in [9.17, 15) is 26.7 Å². The molecule has 1 N–H and O–H groups in total. The molecular formula is C19H14F5N3O. The van der Waals surface area contributed by atoms with Gasteiger partial charge in [-0.2, -0.15) is 13.2 Å². The number of benzene rings is 1. The predicted molar refractivity (Wildman–Crippen MR) is 90.9 cm³/mol. The maximum atomic E-state index is 13.7. The summed E-state index contributed by atoms with van der Waals surface area (Å²) in [5.41, 5.74) is -0.0345. The van der Waals surface area contributed by atoms with Crippen molar-refractivity contribution in [2.75, 3.05) is 5.32 Å². The van der Waals surface area contributed by atoms with Crippen LogP contribution < -0.4 is 5.32 Å². The summed E-state index contributed by atoms with van der Waals surface area (Å²) in [6.45, 7) is 0. The third-order valence-corrected chi connectivity index (χ3v) is 4.57. The van der Waals surface area contributed by atoms with Gasteiger partial charge in [0, 0.05) is 18.2 Å². The molecule has 4 rings (SSSR count). The van der Waals surface area contributed by atoms with E-state index in [1.54, 1.807) is 0 Å². The van der Waals surface area contributed by atoms with Crippen molar-refractivity contribution in [2.45, 2.75) is 31.4 Å². The molecule has 4 nitrogen and oxygen atoms in total. The molecule has 3 aromatic rings. The Kier molecular flexibility index (Phi) is 4.32. The van der Waals surface area contributed by atoms with Crippen LogP contribution in [0.25, 0.3) is 5.65 Å².